The molecule has 5 heteroatoms. The number of nitrogens with one attached hydrogen (secondary N) is 1. The normalized spacial score (nSPS) is 16.4. The van der Waals surface area contributed by atoms with E-state index >= 15 is 0 Å². The average molecular weight is 344 g/mol. The third-order valence-electron chi connectivity index (χ3n) is 5.38. The average Bonchev–Trinajstić information content (AvgIpc) is 3.16. The fourth-order valence-corrected chi connectivity index (χ4v) is 3.75. The molecule has 0 amide bonds. The number of H-pyrrole nitrogens is 1. The maximum Gasteiger partial charge on any atom is 0.231 e. The number of rotatable bonds is 4. The highest BCUT2D eigenvalue weighted by atomic mass is 16.7. The summed E-state index contributed by atoms with van der Waals surface area (Å²) in [5, 5.41) is 9.99. The van der Waals surface area contributed by atoms with Crippen LogP contribution in [0.4, 0.5) is 0 Å². The summed E-state index contributed by atoms with van der Waals surface area (Å²) in [4.78, 5) is 16.1. The molecule has 0 bridgehead atoms. The van der Waals surface area contributed by atoms with Crippen molar-refractivity contribution in [1.82, 2.24) is 4.98 Å². The first-order valence-corrected chi connectivity index (χ1v) is 8.63. The Kier molecular flexibility index (Phi) is 3.10. The SMILES string of the molecule is N#Cc1cc2ccc(CC(=O)C3(c4ccc5c(c4)OCO5)CC3)cc2[nH]1. The maximum atomic E-state index is 13.1. The molecule has 0 unspecified atom stereocenters. The van der Waals surface area contributed by atoms with Crippen molar-refractivity contribution in [1.29, 1.82) is 5.26 Å². The largest absolute Gasteiger partial charge is 0.454 e. The molecule has 1 aromatic heterocycles. The molecule has 2 aliphatic rings. The monoisotopic (exact) mass is 344 g/mol. The second kappa shape index (κ2) is 5.37. The van der Waals surface area contributed by atoms with Crippen molar-refractivity contribution in [2.75, 3.05) is 6.79 Å². The van der Waals surface area contributed by atoms with Crippen LogP contribution in [0.15, 0.2) is 42.5 Å². The minimum atomic E-state index is -0.399. The number of fused-ring (bicyclic) bond motifs is 2. The topological polar surface area (TPSA) is 75.1 Å². The lowest BCUT2D eigenvalue weighted by atomic mass is 9.87. The number of nitrogens with zero attached hydrogens (tertiary/aromatic N) is 1. The van der Waals surface area contributed by atoms with Gasteiger partial charge in [0.1, 0.15) is 17.5 Å². The Morgan fingerprint density at radius 1 is 1.12 bits per heavy atom. The van der Waals surface area contributed by atoms with Crippen LogP contribution >= 0.6 is 0 Å². The molecule has 1 aliphatic carbocycles. The minimum Gasteiger partial charge on any atom is -0.454 e. The molecule has 0 spiro atoms. The fraction of sp³-hybridized carbons (Fsp3) is 0.238. The number of hydrogen-bond donors (Lipinski definition) is 1. The molecule has 0 atom stereocenters. The number of carbonyl (C=O) groups is 1. The van der Waals surface area contributed by atoms with Crippen LogP contribution < -0.4 is 9.47 Å². The molecular formula is C21H16N2O3. The van der Waals surface area contributed by atoms with Crippen LogP contribution in [0.2, 0.25) is 0 Å². The van der Waals surface area contributed by atoms with Gasteiger partial charge in [-0.05, 0) is 48.2 Å². The molecule has 0 radical (unpaired) electrons. The van der Waals surface area contributed by atoms with Gasteiger partial charge in [0.05, 0.1) is 5.41 Å². The van der Waals surface area contributed by atoms with Gasteiger partial charge < -0.3 is 14.5 Å². The van der Waals surface area contributed by atoms with Crippen LogP contribution in [0.3, 0.4) is 0 Å². The molecule has 2 aromatic carbocycles. The van der Waals surface area contributed by atoms with Crippen LogP contribution in [0.25, 0.3) is 10.9 Å². The molecule has 3 aromatic rings. The van der Waals surface area contributed by atoms with Crippen molar-refractivity contribution in [2.45, 2.75) is 24.7 Å². The van der Waals surface area contributed by atoms with Gasteiger partial charge in [0.25, 0.3) is 0 Å². The van der Waals surface area contributed by atoms with Gasteiger partial charge >= 0.3 is 0 Å². The summed E-state index contributed by atoms with van der Waals surface area (Å²) in [6.45, 7) is 0.237. The lowest BCUT2D eigenvalue weighted by Crippen LogP contribution is -2.22. The molecule has 2 heterocycles. The number of nitriles is 1. The summed E-state index contributed by atoms with van der Waals surface area (Å²) in [6.07, 6.45) is 2.12. The highest BCUT2D eigenvalue weighted by Gasteiger charge is 2.50. The van der Waals surface area contributed by atoms with Gasteiger partial charge in [-0.25, -0.2) is 0 Å². The fourth-order valence-electron chi connectivity index (χ4n) is 3.75. The second-order valence-electron chi connectivity index (χ2n) is 6.97. The van der Waals surface area contributed by atoms with Gasteiger partial charge in [0, 0.05) is 17.3 Å². The molecular weight excluding hydrogens is 328 g/mol. The zero-order valence-electron chi connectivity index (χ0n) is 14.0. The van der Waals surface area contributed by atoms with E-state index in [0.29, 0.717) is 12.1 Å². The molecule has 1 saturated carbocycles. The number of benzene rings is 2. The Labute approximate surface area is 150 Å². The van der Waals surface area contributed by atoms with Crippen molar-refractivity contribution >= 4 is 16.7 Å². The van der Waals surface area contributed by atoms with Crippen molar-refractivity contribution < 1.29 is 14.3 Å². The predicted molar refractivity (Wildman–Crippen MR) is 95.2 cm³/mol. The third kappa shape index (κ3) is 2.26. The summed E-state index contributed by atoms with van der Waals surface area (Å²) in [5.41, 5.74) is 2.99. The number of hydrogen-bond acceptors (Lipinski definition) is 4. The summed E-state index contributed by atoms with van der Waals surface area (Å²) < 4.78 is 10.8. The summed E-state index contributed by atoms with van der Waals surface area (Å²) in [5.74, 6) is 1.68. The lowest BCUT2D eigenvalue weighted by Gasteiger charge is -2.15. The van der Waals surface area contributed by atoms with E-state index in [1.807, 2.05) is 42.5 Å². The van der Waals surface area contributed by atoms with Gasteiger partial charge in [0.2, 0.25) is 6.79 Å². The number of carbonyl (C=O) groups excluding carboxylic acids is 1. The van der Waals surface area contributed by atoms with Crippen molar-refractivity contribution in [2.24, 2.45) is 0 Å². The number of Topliss-reactive ketones (excluding diaryl/α,β-unsaturated/α-hetero) is 1. The zero-order valence-corrected chi connectivity index (χ0v) is 14.0. The second-order valence-corrected chi connectivity index (χ2v) is 6.97. The van der Waals surface area contributed by atoms with E-state index < -0.39 is 5.41 Å². The molecule has 5 rings (SSSR count). The molecule has 26 heavy (non-hydrogen) atoms. The lowest BCUT2D eigenvalue weighted by molar-refractivity contribution is -0.120. The van der Waals surface area contributed by atoms with Crippen LogP contribution in [0.5, 0.6) is 11.5 Å². The maximum absolute atomic E-state index is 13.1. The van der Waals surface area contributed by atoms with Crippen molar-refractivity contribution in [3.8, 4) is 17.6 Å². The van der Waals surface area contributed by atoms with E-state index in [2.05, 4.69) is 11.1 Å². The van der Waals surface area contributed by atoms with Crippen LogP contribution in [0, 0.1) is 11.3 Å². The molecule has 1 fully saturated rings. The number of ketones is 1. The summed E-state index contributed by atoms with van der Waals surface area (Å²) >= 11 is 0. The Bertz CT molecular complexity index is 1090. The van der Waals surface area contributed by atoms with E-state index in [1.165, 1.54) is 0 Å². The first-order chi connectivity index (χ1) is 12.7. The van der Waals surface area contributed by atoms with Gasteiger partial charge in [0.15, 0.2) is 11.5 Å². The number of ether oxygens (including phenoxy) is 2. The highest BCUT2D eigenvalue weighted by Crippen LogP contribution is 2.51. The molecule has 128 valence electrons. The Balaban J connectivity index is 1.42. The molecule has 1 N–H and O–H groups in total. The quantitative estimate of drug-likeness (QED) is 0.784. The van der Waals surface area contributed by atoms with Gasteiger partial charge in [-0.15, -0.1) is 0 Å². The highest BCUT2D eigenvalue weighted by molar-refractivity contribution is 5.95. The Morgan fingerprint density at radius 3 is 2.77 bits per heavy atom. The summed E-state index contributed by atoms with van der Waals surface area (Å²) in [7, 11) is 0. The first-order valence-electron chi connectivity index (χ1n) is 8.63. The van der Waals surface area contributed by atoms with Gasteiger partial charge in [-0.2, -0.15) is 5.26 Å². The van der Waals surface area contributed by atoms with E-state index in [1.54, 1.807) is 0 Å². The standard InChI is InChI=1S/C21H16N2O3/c22-11-16-9-14-2-1-13(7-17(14)23-16)8-20(24)21(5-6-21)15-3-4-18-19(10-15)26-12-25-18/h1-4,7,9-10,23H,5-6,8,12H2. The van der Waals surface area contributed by atoms with Crippen LogP contribution in [-0.2, 0) is 16.6 Å². The minimum absolute atomic E-state index is 0.225. The van der Waals surface area contributed by atoms with E-state index in [9.17, 15) is 4.79 Å². The third-order valence-corrected chi connectivity index (χ3v) is 5.38. The molecule has 5 nitrogen and oxygen atoms in total. The van der Waals surface area contributed by atoms with Gasteiger partial charge in [-0.3, -0.25) is 4.79 Å². The number of aromatic nitrogens is 1. The Morgan fingerprint density at radius 2 is 1.96 bits per heavy atom. The van der Waals surface area contributed by atoms with E-state index in [0.717, 1.165) is 46.4 Å². The molecule has 1 aliphatic heterocycles. The van der Waals surface area contributed by atoms with Crippen molar-refractivity contribution in [3.05, 3.63) is 59.3 Å². The number of aromatic amines is 1. The van der Waals surface area contributed by atoms with E-state index in [-0.39, 0.29) is 12.6 Å². The predicted octanol–water partition coefficient (Wildman–Crippen LogP) is 3.61. The van der Waals surface area contributed by atoms with Gasteiger partial charge in [-0.1, -0.05) is 18.2 Å². The van der Waals surface area contributed by atoms with E-state index in [4.69, 9.17) is 14.7 Å². The summed E-state index contributed by atoms with van der Waals surface area (Å²) in [6, 6.07) is 15.6. The smallest absolute Gasteiger partial charge is 0.231 e. The van der Waals surface area contributed by atoms with Crippen molar-refractivity contribution in [3.63, 3.8) is 0 Å². The molecule has 0 saturated heterocycles. The Hall–Kier alpha value is -3.26. The first kappa shape index (κ1) is 15.0. The zero-order chi connectivity index (χ0) is 17.7. The van der Waals surface area contributed by atoms with Crippen LogP contribution in [-0.4, -0.2) is 17.6 Å². The van der Waals surface area contributed by atoms with Crippen LogP contribution in [0.1, 0.15) is 29.7 Å².